The fourth-order valence-electron chi connectivity index (χ4n) is 2.78. The van der Waals surface area contributed by atoms with Crippen molar-refractivity contribution in [2.45, 2.75) is 36.8 Å². The third-order valence-corrected chi connectivity index (χ3v) is 6.55. The van der Waals surface area contributed by atoms with Gasteiger partial charge in [-0.05, 0) is 31.4 Å². The van der Waals surface area contributed by atoms with Crippen LogP contribution < -0.4 is 0 Å². The van der Waals surface area contributed by atoms with E-state index >= 15 is 0 Å². The first-order chi connectivity index (χ1) is 10.8. The molecule has 1 aromatic rings. The molecule has 0 aliphatic carbocycles. The predicted molar refractivity (Wildman–Crippen MR) is 88.0 cm³/mol. The third-order valence-electron chi connectivity index (χ3n) is 4.02. The Hall–Kier alpha value is -1.40. The van der Waals surface area contributed by atoms with Gasteiger partial charge in [0.2, 0.25) is 11.8 Å². The van der Waals surface area contributed by atoms with Gasteiger partial charge in [0, 0.05) is 18.8 Å². The van der Waals surface area contributed by atoms with Crippen molar-refractivity contribution in [2.75, 3.05) is 12.4 Å². The van der Waals surface area contributed by atoms with Gasteiger partial charge >= 0.3 is 0 Å². The smallest absolute Gasteiger partial charge is 0.248 e. The molecule has 2 atom stereocenters. The number of benzene rings is 1. The number of hydrogen-bond acceptors (Lipinski definition) is 4. The first-order valence-electron chi connectivity index (χ1n) is 7.49. The molecule has 1 aromatic carbocycles. The minimum atomic E-state index is -3.83. The summed E-state index contributed by atoms with van der Waals surface area (Å²) in [7, 11) is -3.83. The van der Waals surface area contributed by atoms with E-state index in [9.17, 15) is 18.0 Å². The number of sulfone groups is 1. The molecule has 0 aromatic heterocycles. The molecule has 23 heavy (non-hydrogen) atoms. The SMILES string of the molecule is Cc1ccc(S(=O)(=O)[C@H]2C(=O)N(CCCCl)C(=O)C[C@@H]2C)cc1. The van der Waals surface area contributed by atoms with Gasteiger partial charge in [-0.3, -0.25) is 14.5 Å². The van der Waals surface area contributed by atoms with E-state index in [0.29, 0.717) is 12.3 Å². The lowest BCUT2D eigenvalue weighted by Gasteiger charge is -2.34. The lowest BCUT2D eigenvalue weighted by atomic mass is 9.97. The van der Waals surface area contributed by atoms with Crippen LogP contribution in [-0.4, -0.2) is 42.8 Å². The zero-order valence-corrected chi connectivity index (χ0v) is 14.7. The first-order valence-corrected chi connectivity index (χ1v) is 9.58. The van der Waals surface area contributed by atoms with Crippen molar-refractivity contribution in [3.05, 3.63) is 29.8 Å². The van der Waals surface area contributed by atoms with E-state index < -0.39 is 26.9 Å². The van der Waals surface area contributed by atoms with Crippen LogP contribution in [0, 0.1) is 12.8 Å². The van der Waals surface area contributed by atoms with Crippen LogP contribution in [0.2, 0.25) is 0 Å². The number of carbonyl (C=O) groups is 2. The van der Waals surface area contributed by atoms with Crippen LogP contribution in [-0.2, 0) is 19.4 Å². The van der Waals surface area contributed by atoms with E-state index in [-0.39, 0.29) is 23.8 Å². The minimum Gasteiger partial charge on any atom is -0.281 e. The van der Waals surface area contributed by atoms with Crippen LogP contribution in [0.5, 0.6) is 0 Å². The molecule has 2 amide bonds. The number of halogens is 1. The largest absolute Gasteiger partial charge is 0.281 e. The molecule has 1 saturated heterocycles. The fourth-order valence-corrected chi connectivity index (χ4v) is 4.81. The maximum atomic E-state index is 12.9. The van der Waals surface area contributed by atoms with Gasteiger partial charge in [-0.2, -0.15) is 0 Å². The Morgan fingerprint density at radius 2 is 1.83 bits per heavy atom. The summed E-state index contributed by atoms with van der Waals surface area (Å²) in [6.45, 7) is 3.65. The van der Waals surface area contributed by atoms with Gasteiger partial charge in [0.25, 0.3) is 0 Å². The molecule has 7 heteroatoms. The molecule has 5 nitrogen and oxygen atoms in total. The molecule has 0 saturated carbocycles. The topological polar surface area (TPSA) is 71.5 Å². The molecule has 1 fully saturated rings. The third kappa shape index (κ3) is 3.58. The molecular weight excluding hydrogens is 338 g/mol. The number of likely N-dealkylation sites (tertiary alicyclic amines) is 1. The number of rotatable bonds is 5. The molecule has 1 aliphatic heterocycles. The van der Waals surface area contributed by atoms with Gasteiger partial charge in [-0.15, -0.1) is 11.6 Å². The molecular formula is C16H20ClNO4S. The molecule has 2 rings (SSSR count). The molecule has 0 bridgehead atoms. The number of aryl methyl sites for hydroxylation is 1. The van der Waals surface area contributed by atoms with Crippen molar-refractivity contribution in [1.29, 1.82) is 0 Å². The molecule has 1 heterocycles. The van der Waals surface area contributed by atoms with Crippen LogP contribution in [0.25, 0.3) is 0 Å². The molecule has 0 radical (unpaired) electrons. The highest BCUT2D eigenvalue weighted by molar-refractivity contribution is 7.92. The van der Waals surface area contributed by atoms with Crippen LogP contribution in [0.4, 0.5) is 0 Å². The van der Waals surface area contributed by atoms with Crippen molar-refractivity contribution in [1.82, 2.24) is 4.90 Å². The van der Waals surface area contributed by atoms with Gasteiger partial charge in [0.1, 0.15) is 5.25 Å². The highest BCUT2D eigenvalue weighted by Gasteiger charge is 2.46. The Morgan fingerprint density at radius 3 is 2.39 bits per heavy atom. The lowest BCUT2D eigenvalue weighted by molar-refractivity contribution is -0.149. The predicted octanol–water partition coefficient (Wildman–Crippen LogP) is 2.16. The average molecular weight is 358 g/mol. The summed E-state index contributed by atoms with van der Waals surface area (Å²) in [6, 6.07) is 6.40. The van der Waals surface area contributed by atoms with Crippen LogP contribution in [0.3, 0.4) is 0 Å². The summed E-state index contributed by atoms with van der Waals surface area (Å²) < 4.78 is 25.7. The summed E-state index contributed by atoms with van der Waals surface area (Å²) in [4.78, 5) is 25.8. The Bertz CT molecular complexity index is 699. The maximum Gasteiger partial charge on any atom is 0.248 e. The fraction of sp³-hybridized carbons (Fsp3) is 0.500. The second-order valence-corrected chi connectivity index (χ2v) is 8.33. The average Bonchev–Trinajstić information content (AvgIpc) is 2.46. The quantitative estimate of drug-likeness (QED) is 0.598. The molecule has 126 valence electrons. The monoisotopic (exact) mass is 357 g/mol. The minimum absolute atomic E-state index is 0.0454. The van der Waals surface area contributed by atoms with Crippen molar-refractivity contribution < 1.29 is 18.0 Å². The van der Waals surface area contributed by atoms with E-state index in [0.717, 1.165) is 10.5 Å². The Balaban J connectivity index is 2.37. The Morgan fingerprint density at radius 1 is 1.22 bits per heavy atom. The number of hydrogen-bond donors (Lipinski definition) is 0. The van der Waals surface area contributed by atoms with Gasteiger partial charge < -0.3 is 0 Å². The summed E-state index contributed by atoms with van der Waals surface area (Å²) in [5, 5.41) is -1.22. The molecule has 0 N–H and O–H groups in total. The second kappa shape index (κ2) is 7.01. The van der Waals surface area contributed by atoms with E-state index in [2.05, 4.69) is 0 Å². The normalized spacial score (nSPS) is 22.5. The first kappa shape index (κ1) is 17.9. The van der Waals surface area contributed by atoms with Crippen LogP contribution >= 0.6 is 11.6 Å². The number of imide groups is 1. The van der Waals surface area contributed by atoms with Gasteiger partial charge in [-0.1, -0.05) is 24.6 Å². The highest BCUT2D eigenvalue weighted by Crippen LogP contribution is 2.30. The van der Waals surface area contributed by atoms with Gasteiger partial charge in [0.15, 0.2) is 9.84 Å². The van der Waals surface area contributed by atoms with E-state index in [1.54, 1.807) is 19.1 Å². The van der Waals surface area contributed by atoms with E-state index in [1.807, 2.05) is 6.92 Å². The second-order valence-electron chi connectivity index (χ2n) is 5.89. The highest BCUT2D eigenvalue weighted by atomic mass is 35.5. The van der Waals surface area contributed by atoms with Crippen molar-refractivity contribution in [3.8, 4) is 0 Å². The Kier molecular flexibility index (Phi) is 5.47. The standard InChI is InChI=1S/C16H20ClNO4S/c1-11-4-6-13(7-5-11)23(21,22)15-12(2)10-14(19)18(16(15)20)9-3-8-17/h4-7,12,15H,3,8-10H2,1-2H3/t12-,15+/m0/s1. The molecule has 1 aliphatic rings. The van der Waals surface area contributed by atoms with E-state index in [1.165, 1.54) is 12.1 Å². The van der Waals surface area contributed by atoms with Crippen molar-refractivity contribution in [3.63, 3.8) is 0 Å². The number of nitrogens with zero attached hydrogens (tertiary/aromatic N) is 1. The van der Waals surface area contributed by atoms with Gasteiger partial charge in [0.05, 0.1) is 4.90 Å². The van der Waals surface area contributed by atoms with Crippen molar-refractivity contribution >= 4 is 33.3 Å². The summed E-state index contributed by atoms with van der Waals surface area (Å²) in [5.74, 6) is -1.21. The Labute approximate surface area is 141 Å². The summed E-state index contributed by atoms with van der Waals surface area (Å²) in [5.41, 5.74) is 0.936. The number of amides is 2. The van der Waals surface area contributed by atoms with Crippen LogP contribution in [0.15, 0.2) is 29.2 Å². The number of carbonyl (C=O) groups excluding carboxylic acids is 2. The van der Waals surface area contributed by atoms with Crippen LogP contribution in [0.1, 0.15) is 25.3 Å². The maximum absolute atomic E-state index is 12.9. The van der Waals surface area contributed by atoms with Crippen molar-refractivity contribution in [2.24, 2.45) is 5.92 Å². The zero-order valence-electron chi connectivity index (χ0n) is 13.2. The summed E-state index contributed by atoms with van der Waals surface area (Å²) >= 11 is 5.61. The molecule has 0 spiro atoms. The number of alkyl halides is 1. The summed E-state index contributed by atoms with van der Waals surface area (Å²) in [6.07, 6.45) is 0.495. The molecule has 0 unspecified atom stereocenters. The zero-order chi connectivity index (χ0) is 17.2. The lowest BCUT2D eigenvalue weighted by Crippen LogP contribution is -2.54. The van der Waals surface area contributed by atoms with Gasteiger partial charge in [-0.25, -0.2) is 8.42 Å². The van der Waals surface area contributed by atoms with E-state index in [4.69, 9.17) is 11.6 Å². The number of piperidine rings is 1.